The van der Waals surface area contributed by atoms with Gasteiger partial charge in [0.15, 0.2) is 11.9 Å². The van der Waals surface area contributed by atoms with Crippen LogP contribution in [0.25, 0.3) is 0 Å². The van der Waals surface area contributed by atoms with Crippen molar-refractivity contribution < 1.29 is 32.3 Å². The molecule has 1 aromatic heterocycles. The fraction of sp³-hybridized carbons (Fsp3) is 0.190. The average molecular weight is 446 g/mol. The first-order chi connectivity index (χ1) is 15.2. The van der Waals surface area contributed by atoms with Gasteiger partial charge in [0.25, 0.3) is 5.89 Å². The van der Waals surface area contributed by atoms with Crippen LogP contribution in [0.5, 0.6) is 5.75 Å². The van der Waals surface area contributed by atoms with E-state index in [0.29, 0.717) is 12.1 Å². The third-order valence-electron chi connectivity index (χ3n) is 4.92. The molecule has 2 heterocycles. The van der Waals surface area contributed by atoms with Gasteiger partial charge in [0.2, 0.25) is 0 Å². The molecule has 0 aliphatic carbocycles. The number of hydrogen-bond acceptors (Lipinski definition) is 7. The van der Waals surface area contributed by atoms with E-state index in [9.17, 15) is 23.1 Å². The van der Waals surface area contributed by atoms with Gasteiger partial charge in [-0.25, -0.2) is 10.2 Å². The van der Waals surface area contributed by atoms with E-state index in [1.54, 1.807) is 29.3 Å². The summed E-state index contributed by atoms with van der Waals surface area (Å²) in [5, 5.41) is 14.6. The molecule has 1 unspecified atom stereocenters. The van der Waals surface area contributed by atoms with Crippen molar-refractivity contribution in [3.63, 3.8) is 0 Å². The largest absolute Gasteiger partial charge is 0.573 e. The number of carboxylic acids is 1. The van der Waals surface area contributed by atoms with Crippen molar-refractivity contribution in [2.45, 2.75) is 25.4 Å². The molecule has 0 radical (unpaired) electrons. The fourth-order valence-electron chi connectivity index (χ4n) is 3.52. The highest BCUT2D eigenvalue weighted by Gasteiger charge is 2.44. The molecule has 1 aliphatic heterocycles. The van der Waals surface area contributed by atoms with Crippen LogP contribution in [0.2, 0.25) is 0 Å². The Morgan fingerprint density at radius 2 is 2.00 bits per heavy atom. The second kappa shape index (κ2) is 8.00. The van der Waals surface area contributed by atoms with Gasteiger partial charge in [-0.15, -0.1) is 13.2 Å². The summed E-state index contributed by atoms with van der Waals surface area (Å²) in [7, 11) is 0. The summed E-state index contributed by atoms with van der Waals surface area (Å²) >= 11 is 0. The Bertz CT molecular complexity index is 1150. The lowest BCUT2D eigenvalue weighted by molar-refractivity contribution is -0.274. The first-order valence-electron chi connectivity index (χ1n) is 9.37. The molecule has 0 saturated heterocycles. The summed E-state index contributed by atoms with van der Waals surface area (Å²) in [6, 6.07) is 11.8. The predicted molar refractivity (Wildman–Crippen MR) is 104 cm³/mol. The number of allylic oxidation sites excluding steroid dienone is 1. The molecular formula is C21H17F3N4O4. The second-order valence-electron chi connectivity index (χ2n) is 7.12. The van der Waals surface area contributed by atoms with E-state index in [2.05, 4.69) is 20.3 Å². The maximum Gasteiger partial charge on any atom is 0.573 e. The molecule has 11 heteroatoms. The van der Waals surface area contributed by atoms with E-state index in [4.69, 9.17) is 4.52 Å². The lowest BCUT2D eigenvalue weighted by Crippen LogP contribution is -2.45. The summed E-state index contributed by atoms with van der Waals surface area (Å²) in [6.45, 7) is 2.14. The number of halogens is 3. The lowest BCUT2D eigenvalue weighted by atomic mass is 9.90. The van der Waals surface area contributed by atoms with Crippen molar-refractivity contribution in [2.24, 2.45) is 0 Å². The van der Waals surface area contributed by atoms with Gasteiger partial charge in [0, 0.05) is 5.70 Å². The minimum absolute atomic E-state index is 0.159. The standard InChI is InChI=1S/C21H17F3N4O4/c1-13-10-20(19-25-12-26-32-19,16-5-7-17(8-6-16)31-21(22,23)24)27-28(13)11-14-3-2-4-15(9-14)18(29)30/h2-10,12,27H,11H2,1H3,(H,29,30). The number of hydrazine groups is 1. The highest BCUT2D eigenvalue weighted by atomic mass is 19.4. The van der Waals surface area contributed by atoms with Crippen molar-refractivity contribution in [1.82, 2.24) is 20.6 Å². The lowest BCUT2D eigenvalue weighted by Gasteiger charge is -2.29. The number of ether oxygens (including phenoxy) is 1. The number of aromatic carboxylic acids is 1. The van der Waals surface area contributed by atoms with Crippen molar-refractivity contribution in [3.05, 3.63) is 89.2 Å². The number of hydrogen-bond donors (Lipinski definition) is 2. The molecule has 2 aromatic carbocycles. The summed E-state index contributed by atoms with van der Waals surface area (Å²) < 4.78 is 46.8. The van der Waals surface area contributed by atoms with Crippen LogP contribution < -0.4 is 10.2 Å². The topological polar surface area (TPSA) is 101 Å². The number of aromatic nitrogens is 2. The first-order valence-corrected chi connectivity index (χ1v) is 9.37. The number of carboxylic acid groups (broad SMARTS) is 1. The molecule has 4 rings (SSSR count). The molecule has 0 spiro atoms. The van der Waals surface area contributed by atoms with E-state index < -0.39 is 17.9 Å². The van der Waals surface area contributed by atoms with Gasteiger partial charge in [-0.2, -0.15) is 4.98 Å². The second-order valence-corrected chi connectivity index (χ2v) is 7.12. The van der Waals surface area contributed by atoms with E-state index in [1.807, 2.05) is 6.92 Å². The zero-order chi connectivity index (χ0) is 22.9. The van der Waals surface area contributed by atoms with E-state index in [1.165, 1.54) is 36.7 Å². The Morgan fingerprint density at radius 1 is 1.25 bits per heavy atom. The molecule has 0 amide bonds. The molecule has 0 saturated carbocycles. The molecule has 1 aliphatic rings. The van der Waals surface area contributed by atoms with Crippen LogP contribution in [0, 0.1) is 0 Å². The Morgan fingerprint density at radius 3 is 2.62 bits per heavy atom. The van der Waals surface area contributed by atoms with Crippen LogP contribution in [0.4, 0.5) is 13.2 Å². The molecule has 0 fully saturated rings. The quantitative estimate of drug-likeness (QED) is 0.589. The zero-order valence-electron chi connectivity index (χ0n) is 16.6. The minimum Gasteiger partial charge on any atom is -0.478 e. The van der Waals surface area contributed by atoms with E-state index in [-0.39, 0.29) is 17.2 Å². The summed E-state index contributed by atoms with van der Waals surface area (Å²) in [5.74, 6) is -1.21. The number of benzene rings is 2. The third kappa shape index (κ3) is 4.28. The molecule has 2 N–H and O–H groups in total. The number of alkyl halides is 3. The van der Waals surface area contributed by atoms with Crippen LogP contribution in [-0.2, 0) is 12.1 Å². The van der Waals surface area contributed by atoms with Crippen LogP contribution in [-0.4, -0.2) is 32.6 Å². The van der Waals surface area contributed by atoms with E-state index >= 15 is 0 Å². The summed E-state index contributed by atoms with van der Waals surface area (Å²) in [5.41, 5.74) is 4.33. The number of rotatable bonds is 6. The first kappa shape index (κ1) is 21.4. The molecule has 166 valence electrons. The fourth-order valence-corrected chi connectivity index (χ4v) is 3.52. The maximum atomic E-state index is 12.5. The highest BCUT2D eigenvalue weighted by molar-refractivity contribution is 5.87. The van der Waals surface area contributed by atoms with Gasteiger partial charge in [0.05, 0.1) is 12.1 Å². The normalized spacial score (nSPS) is 18.5. The number of carbonyl (C=O) groups is 1. The van der Waals surface area contributed by atoms with Crippen molar-refractivity contribution in [2.75, 3.05) is 0 Å². The van der Waals surface area contributed by atoms with Crippen LogP contribution >= 0.6 is 0 Å². The minimum atomic E-state index is -4.80. The van der Waals surface area contributed by atoms with Gasteiger partial charge in [-0.3, -0.25) is 0 Å². The van der Waals surface area contributed by atoms with Gasteiger partial charge >= 0.3 is 12.3 Å². The monoisotopic (exact) mass is 446 g/mol. The Labute approximate surface area is 179 Å². The Balaban J connectivity index is 1.65. The van der Waals surface area contributed by atoms with Crippen molar-refractivity contribution in [1.29, 1.82) is 0 Å². The van der Waals surface area contributed by atoms with Crippen molar-refractivity contribution in [3.8, 4) is 5.75 Å². The average Bonchev–Trinajstić information content (AvgIpc) is 3.37. The van der Waals surface area contributed by atoms with Gasteiger partial charge < -0.3 is 19.4 Å². The zero-order valence-corrected chi connectivity index (χ0v) is 16.6. The van der Waals surface area contributed by atoms with Crippen LogP contribution in [0.1, 0.15) is 34.3 Å². The molecule has 8 nitrogen and oxygen atoms in total. The third-order valence-corrected chi connectivity index (χ3v) is 4.92. The van der Waals surface area contributed by atoms with Gasteiger partial charge in [0.1, 0.15) is 5.75 Å². The summed E-state index contributed by atoms with van der Waals surface area (Å²) in [6.07, 6.45) is -1.77. The molecule has 3 aromatic rings. The smallest absolute Gasteiger partial charge is 0.478 e. The number of nitrogens with one attached hydrogen (secondary N) is 1. The van der Waals surface area contributed by atoms with Gasteiger partial charge in [-0.1, -0.05) is 29.4 Å². The van der Waals surface area contributed by atoms with Crippen LogP contribution in [0.15, 0.2) is 71.2 Å². The van der Waals surface area contributed by atoms with E-state index in [0.717, 1.165) is 11.3 Å². The maximum absolute atomic E-state index is 12.5. The number of nitrogens with zero attached hydrogens (tertiary/aromatic N) is 3. The summed E-state index contributed by atoms with van der Waals surface area (Å²) in [4.78, 5) is 15.4. The predicted octanol–water partition coefficient (Wildman–Crippen LogP) is 3.83. The molecule has 32 heavy (non-hydrogen) atoms. The molecule has 0 bridgehead atoms. The molecular weight excluding hydrogens is 429 g/mol. The highest BCUT2D eigenvalue weighted by Crippen LogP contribution is 2.38. The Hall–Kier alpha value is -3.86. The molecule has 1 atom stereocenters. The Kier molecular flexibility index (Phi) is 5.35. The SMILES string of the molecule is CC1=CC(c2ccc(OC(F)(F)F)cc2)(c2ncno2)NN1Cc1cccc(C(=O)O)c1. The van der Waals surface area contributed by atoms with Crippen molar-refractivity contribution >= 4 is 5.97 Å². The van der Waals surface area contributed by atoms with Gasteiger partial charge in [-0.05, 0) is 48.4 Å². The van der Waals surface area contributed by atoms with Crippen LogP contribution in [0.3, 0.4) is 0 Å².